The monoisotopic (exact) mass is 388 g/mol. The number of ether oxygens (including phenoxy) is 1. The number of methoxy groups -OCH3 is 1. The predicted octanol–water partition coefficient (Wildman–Crippen LogP) is 1.53. The number of esters is 1. The van der Waals surface area contributed by atoms with E-state index in [0.29, 0.717) is 23.6 Å². The van der Waals surface area contributed by atoms with Crippen LogP contribution in [0.4, 0.5) is 0 Å². The van der Waals surface area contributed by atoms with E-state index in [9.17, 15) is 18.0 Å². The Bertz CT molecular complexity index is 754. The molecule has 1 aromatic heterocycles. The van der Waals surface area contributed by atoms with Crippen LogP contribution in [0.5, 0.6) is 0 Å². The van der Waals surface area contributed by atoms with E-state index in [0.717, 1.165) is 4.88 Å². The fraction of sp³-hybridized carbons (Fsp3) is 0.625. The number of hydrogen-bond donors (Lipinski definition) is 1. The highest BCUT2D eigenvalue weighted by Crippen LogP contribution is 2.28. The minimum Gasteiger partial charge on any atom is -0.467 e. The van der Waals surface area contributed by atoms with Gasteiger partial charge in [0.15, 0.2) is 0 Å². The summed E-state index contributed by atoms with van der Waals surface area (Å²) in [5, 5.41) is 2.66. The standard InChI is InChI=1S/C16H24N2O5S2/c1-11-7-8-13(24-11)25(21,22)18-9-5-6-12(10-18)14(19)17-16(2,3)15(20)23-4/h7-8,12H,5-6,9-10H2,1-4H3,(H,17,19)/t12-/m0/s1. The van der Waals surface area contributed by atoms with Crippen LogP contribution < -0.4 is 5.32 Å². The van der Waals surface area contributed by atoms with Crippen LogP contribution in [0.25, 0.3) is 0 Å². The van der Waals surface area contributed by atoms with Crippen LogP contribution in [0.3, 0.4) is 0 Å². The van der Waals surface area contributed by atoms with Crippen LogP contribution in [0.15, 0.2) is 16.3 Å². The summed E-state index contributed by atoms with van der Waals surface area (Å²) in [5.41, 5.74) is -1.15. The molecule has 0 radical (unpaired) electrons. The predicted molar refractivity (Wildman–Crippen MR) is 94.8 cm³/mol. The lowest BCUT2D eigenvalue weighted by atomic mass is 9.96. The number of nitrogens with one attached hydrogen (secondary N) is 1. The van der Waals surface area contributed by atoms with Crippen molar-refractivity contribution >= 4 is 33.2 Å². The Morgan fingerprint density at radius 3 is 2.60 bits per heavy atom. The Hall–Kier alpha value is -1.45. The van der Waals surface area contributed by atoms with Crippen LogP contribution >= 0.6 is 11.3 Å². The van der Waals surface area contributed by atoms with E-state index in [1.807, 2.05) is 6.92 Å². The maximum Gasteiger partial charge on any atom is 0.330 e. The van der Waals surface area contributed by atoms with Gasteiger partial charge in [-0.1, -0.05) is 0 Å². The molecule has 1 saturated heterocycles. The number of nitrogens with zero attached hydrogens (tertiary/aromatic N) is 1. The smallest absolute Gasteiger partial charge is 0.330 e. The Morgan fingerprint density at radius 1 is 1.36 bits per heavy atom. The number of carbonyl (C=O) groups excluding carboxylic acids is 2. The molecule has 0 aromatic carbocycles. The Kier molecular flexibility index (Phi) is 5.90. The first kappa shape index (κ1) is 19.9. The van der Waals surface area contributed by atoms with Crippen molar-refractivity contribution in [2.75, 3.05) is 20.2 Å². The average Bonchev–Trinajstić information content (AvgIpc) is 3.01. The quantitative estimate of drug-likeness (QED) is 0.772. The van der Waals surface area contributed by atoms with Crippen molar-refractivity contribution in [1.29, 1.82) is 0 Å². The molecule has 7 nitrogen and oxygen atoms in total. The molecule has 0 saturated carbocycles. The van der Waals surface area contributed by atoms with E-state index < -0.39 is 27.4 Å². The van der Waals surface area contributed by atoms with E-state index in [1.165, 1.54) is 22.8 Å². The molecule has 2 heterocycles. The third-order valence-corrected chi connectivity index (χ3v) is 7.53. The third-order valence-electron chi connectivity index (χ3n) is 4.20. The maximum atomic E-state index is 12.7. The summed E-state index contributed by atoms with van der Waals surface area (Å²) in [7, 11) is -2.33. The third kappa shape index (κ3) is 4.39. The van der Waals surface area contributed by atoms with Gasteiger partial charge in [-0.25, -0.2) is 13.2 Å². The number of piperidine rings is 1. The van der Waals surface area contributed by atoms with E-state index in [4.69, 9.17) is 0 Å². The van der Waals surface area contributed by atoms with Gasteiger partial charge in [0.2, 0.25) is 5.91 Å². The second kappa shape index (κ2) is 7.43. The fourth-order valence-corrected chi connectivity index (χ4v) is 5.73. The van der Waals surface area contributed by atoms with Crippen molar-refractivity contribution in [3.05, 3.63) is 17.0 Å². The lowest BCUT2D eigenvalue weighted by Crippen LogP contribution is -2.54. The highest BCUT2D eigenvalue weighted by molar-refractivity contribution is 7.91. The van der Waals surface area contributed by atoms with Gasteiger partial charge in [-0.05, 0) is 45.7 Å². The number of aryl methyl sites for hydroxylation is 1. The summed E-state index contributed by atoms with van der Waals surface area (Å²) < 4.78 is 31.8. The number of sulfonamides is 1. The molecule has 0 spiro atoms. The number of hydrogen-bond acceptors (Lipinski definition) is 6. The summed E-state index contributed by atoms with van der Waals surface area (Å²) in [6, 6.07) is 3.37. The minimum absolute atomic E-state index is 0.113. The van der Waals surface area contributed by atoms with Crippen LogP contribution in [-0.2, 0) is 24.3 Å². The van der Waals surface area contributed by atoms with E-state index in [-0.39, 0.29) is 12.5 Å². The molecule has 9 heteroatoms. The average molecular weight is 389 g/mol. The maximum absolute atomic E-state index is 12.7. The van der Waals surface area contributed by atoms with Crippen molar-refractivity contribution in [3.63, 3.8) is 0 Å². The lowest BCUT2D eigenvalue weighted by molar-refractivity contribution is -0.150. The minimum atomic E-state index is -3.59. The molecule has 25 heavy (non-hydrogen) atoms. The molecule has 1 aliphatic heterocycles. The van der Waals surface area contributed by atoms with E-state index >= 15 is 0 Å². The Balaban J connectivity index is 2.10. The molecule has 1 amide bonds. The van der Waals surface area contributed by atoms with E-state index in [2.05, 4.69) is 10.1 Å². The summed E-state index contributed by atoms with van der Waals surface area (Å²) in [5.74, 6) is -1.37. The molecule has 1 atom stereocenters. The molecule has 1 N–H and O–H groups in total. The molecule has 1 fully saturated rings. The summed E-state index contributed by atoms with van der Waals surface area (Å²) in [4.78, 5) is 25.2. The summed E-state index contributed by atoms with van der Waals surface area (Å²) >= 11 is 1.22. The zero-order valence-electron chi connectivity index (χ0n) is 14.9. The Labute approximate surface area is 152 Å². The number of carbonyl (C=O) groups is 2. The van der Waals surface area contributed by atoms with Crippen molar-refractivity contribution in [2.24, 2.45) is 5.92 Å². The van der Waals surface area contributed by atoms with Gasteiger partial charge in [0.05, 0.1) is 13.0 Å². The summed E-state index contributed by atoms with van der Waals surface area (Å²) in [6.45, 7) is 5.47. The first-order chi connectivity index (χ1) is 11.6. The SMILES string of the molecule is COC(=O)C(C)(C)NC(=O)[C@H]1CCCN(S(=O)(=O)c2ccc(C)s2)C1. The van der Waals surface area contributed by atoms with Gasteiger partial charge < -0.3 is 10.1 Å². The van der Waals surface area contributed by atoms with Crippen LogP contribution in [0, 0.1) is 12.8 Å². The normalized spacial score (nSPS) is 19.4. The first-order valence-electron chi connectivity index (χ1n) is 8.05. The molecule has 0 aliphatic carbocycles. The van der Waals surface area contributed by atoms with Gasteiger partial charge in [0.25, 0.3) is 10.0 Å². The van der Waals surface area contributed by atoms with Crippen molar-refractivity contribution in [3.8, 4) is 0 Å². The molecular formula is C16H24N2O5S2. The number of rotatable bonds is 5. The van der Waals surface area contributed by atoms with Gasteiger partial charge in [0.1, 0.15) is 9.75 Å². The largest absolute Gasteiger partial charge is 0.467 e. The molecule has 0 bridgehead atoms. The molecule has 2 rings (SSSR count). The zero-order valence-corrected chi connectivity index (χ0v) is 16.5. The molecule has 0 unspecified atom stereocenters. The highest BCUT2D eigenvalue weighted by atomic mass is 32.2. The van der Waals surface area contributed by atoms with E-state index in [1.54, 1.807) is 26.0 Å². The van der Waals surface area contributed by atoms with Gasteiger partial charge >= 0.3 is 5.97 Å². The molecule has 140 valence electrons. The lowest BCUT2D eigenvalue weighted by Gasteiger charge is -2.33. The topological polar surface area (TPSA) is 92.8 Å². The zero-order chi connectivity index (χ0) is 18.8. The molecular weight excluding hydrogens is 364 g/mol. The second-order valence-electron chi connectivity index (χ2n) is 6.67. The van der Waals surface area contributed by atoms with Gasteiger partial charge in [-0.15, -0.1) is 11.3 Å². The van der Waals surface area contributed by atoms with Crippen LogP contribution in [0.1, 0.15) is 31.6 Å². The number of thiophene rings is 1. The van der Waals surface area contributed by atoms with Gasteiger partial charge in [-0.3, -0.25) is 4.79 Å². The van der Waals surface area contributed by atoms with Gasteiger partial charge in [-0.2, -0.15) is 4.31 Å². The van der Waals surface area contributed by atoms with Crippen molar-refractivity contribution in [2.45, 2.75) is 43.4 Å². The van der Waals surface area contributed by atoms with Crippen molar-refractivity contribution in [1.82, 2.24) is 9.62 Å². The highest BCUT2D eigenvalue weighted by Gasteiger charge is 2.37. The van der Waals surface area contributed by atoms with Gasteiger partial charge in [0, 0.05) is 18.0 Å². The molecule has 1 aromatic rings. The van der Waals surface area contributed by atoms with Crippen LogP contribution in [-0.4, -0.2) is 50.3 Å². The fourth-order valence-electron chi connectivity index (χ4n) is 2.77. The second-order valence-corrected chi connectivity index (χ2v) is 10.1. The number of amides is 1. The van der Waals surface area contributed by atoms with Crippen LogP contribution in [0.2, 0.25) is 0 Å². The summed E-state index contributed by atoms with van der Waals surface area (Å²) in [6.07, 6.45) is 1.18. The van der Waals surface area contributed by atoms with Crippen molar-refractivity contribution < 1.29 is 22.7 Å². The first-order valence-corrected chi connectivity index (χ1v) is 10.3. The molecule has 1 aliphatic rings. The Morgan fingerprint density at radius 2 is 2.04 bits per heavy atom.